The van der Waals surface area contributed by atoms with Crippen molar-refractivity contribution in [1.82, 2.24) is 4.57 Å². The molecular formula is C10H13ClN2O2. The Balaban J connectivity index is 2.38. The van der Waals surface area contributed by atoms with E-state index in [0.29, 0.717) is 18.2 Å². The fourth-order valence-corrected chi connectivity index (χ4v) is 2.05. The van der Waals surface area contributed by atoms with E-state index < -0.39 is 0 Å². The minimum atomic E-state index is -0.161. The van der Waals surface area contributed by atoms with Crippen molar-refractivity contribution in [1.29, 1.82) is 0 Å². The van der Waals surface area contributed by atoms with E-state index in [1.165, 1.54) is 6.07 Å². The first-order valence-corrected chi connectivity index (χ1v) is 5.31. The van der Waals surface area contributed by atoms with Crippen molar-refractivity contribution in [2.45, 2.75) is 18.9 Å². The van der Waals surface area contributed by atoms with Gasteiger partial charge in [0.2, 0.25) is 0 Å². The van der Waals surface area contributed by atoms with Crippen molar-refractivity contribution in [3.05, 3.63) is 27.6 Å². The van der Waals surface area contributed by atoms with Crippen LogP contribution in [-0.2, 0) is 4.74 Å². The number of ether oxygens (including phenoxy) is 1. The molecule has 2 heterocycles. The van der Waals surface area contributed by atoms with E-state index >= 15 is 0 Å². The molecule has 1 saturated heterocycles. The molecule has 0 atom stereocenters. The van der Waals surface area contributed by atoms with Crippen LogP contribution in [0.4, 0.5) is 5.69 Å². The lowest BCUT2D eigenvalue weighted by Crippen LogP contribution is -2.30. The average molecular weight is 229 g/mol. The third-order valence-electron chi connectivity index (χ3n) is 2.62. The molecule has 1 aromatic rings. The molecule has 2 rings (SSSR count). The molecular weight excluding hydrogens is 216 g/mol. The standard InChI is InChI=1S/C10H13ClN2O2/c11-7-5-9(12)10(14)13(6-7)8-1-3-15-4-2-8/h5-6,8H,1-4,12H2. The van der Waals surface area contributed by atoms with Gasteiger partial charge in [0.15, 0.2) is 0 Å². The summed E-state index contributed by atoms with van der Waals surface area (Å²) in [6.07, 6.45) is 3.32. The highest BCUT2D eigenvalue weighted by Gasteiger charge is 2.17. The van der Waals surface area contributed by atoms with E-state index in [1.54, 1.807) is 10.8 Å². The zero-order chi connectivity index (χ0) is 10.8. The normalized spacial score (nSPS) is 17.9. The second kappa shape index (κ2) is 4.24. The minimum Gasteiger partial charge on any atom is -0.394 e. The Labute approximate surface area is 92.6 Å². The maximum atomic E-state index is 11.8. The average Bonchev–Trinajstić information content (AvgIpc) is 2.24. The van der Waals surface area contributed by atoms with Crippen molar-refractivity contribution in [2.75, 3.05) is 18.9 Å². The second-order valence-corrected chi connectivity index (χ2v) is 4.11. The second-order valence-electron chi connectivity index (χ2n) is 3.67. The summed E-state index contributed by atoms with van der Waals surface area (Å²) in [6, 6.07) is 1.65. The predicted octanol–water partition coefficient (Wildman–Crippen LogP) is 1.44. The molecule has 0 saturated carbocycles. The van der Waals surface area contributed by atoms with Crippen LogP contribution in [0.5, 0.6) is 0 Å². The third-order valence-corrected chi connectivity index (χ3v) is 2.83. The van der Waals surface area contributed by atoms with Crippen LogP contribution in [-0.4, -0.2) is 17.8 Å². The number of nitrogens with two attached hydrogens (primary N) is 1. The van der Waals surface area contributed by atoms with Gasteiger partial charge in [0, 0.05) is 25.5 Å². The summed E-state index contributed by atoms with van der Waals surface area (Å²) in [6.45, 7) is 1.37. The summed E-state index contributed by atoms with van der Waals surface area (Å²) in [7, 11) is 0. The Kier molecular flexibility index (Phi) is 2.98. The van der Waals surface area contributed by atoms with Crippen molar-refractivity contribution in [2.24, 2.45) is 0 Å². The van der Waals surface area contributed by atoms with Gasteiger partial charge in [0.25, 0.3) is 5.56 Å². The zero-order valence-electron chi connectivity index (χ0n) is 8.28. The number of anilines is 1. The molecule has 0 amide bonds. The van der Waals surface area contributed by atoms with Crippen molar-refractivity contribution in [3.8, 4) is 0 Å². The quantitative estimate of drug-likeness (QED) is 0.791. The van der Waals surface area contributed by atoms with Gasteiger partial charge < -0.3 is 15.0 Å². The third kappa shape index (κ3) is 2.16. The molecule has 1 fully saturated rings. The fourth-order valence-electron chi connectivity index (χ4n) is 1.82. The molecule has 5 heteroatoms. The number of nitrogens with zero attached hydrogens (tertiary/aromatic N) is 1. The molecule has 15 heavy (non-hydrogen) atoms. The van der Waals surface area contributed by atoms with Crippen LogP contribution in [0, 0.1) is 0 Å². The van der Waals surface area contributed by atoms with Gasteiger partial charge in [-0.2, -0.15) is 0 Å². The van der Waals surface area contributed by atoms with Crippen molar-refractivity contribution >= 4 is 17.3 Å². The maximum absolute atomic E-state index is 11.8. The molecule has 82 valence electrons. The molecule has 2 N–H and O–H groups in total. The summed E-state index contributed by atoms with van der Waals surface area (Å²) >= 11 is 5.87. The topological polar surface area (TPSA) is 57.2 Å². The van der Waals surface area contributed by atoms with Gasteiger partial charge in [-0.3, -0.25) is 4.79 Å². The van der Waals surface area contributed by atoms with E-state index in [1.807, 2.05) is 0 Å². The van der Waals surface area contributed by atoms with Gasteiger partial charge in [-0.15, -0.1) is 0 Å². The SMILES string of the molecule is Nc1cc(Cl)cn(C2CCOCC2)c1=O. The Bertz CT molecular complexity index is 410. The number of hydrogen-bond donors (Lipinski definition) is 1. The lowest BCUT2D eigenvalue weighted by molar-refractivity contribution is 0.0687. The zero-order valence-corrected chi connectivity index (χ0v) is 9.04. The monoisotopic (exact) mass is 228 g/mol. The highest BCUT2D eigenvalue weighted by molar-refractivity contribution is 6.30. The molecule has 0 bridgehead atoms. The smallest absolute Gasteiger partial charge is 0.274 e. The first kappa shape index (κ1) is 10.5. The summed E-state index contributed by atoms with van der Waals surface area (Å²) in [5.74, 6) is 0. The van der Waals surface area contributed by atoms with Crippen LogP contribution in [0.2, 0.25) is 5.02 Å². The van der Waals surface area contributed by atoms with E-state index in [0.717, 1.165) is 12.8 Å². The summed E-state index contributed by atoms with van der Waals surface area (Å²) < 4.78 is 6.87. The first-order chi connectivity index (χ1) is 7.18. The van der Waals surface area contributed by atoms with Crippen LogP contribution in [0.1, 0.15) is 18.9 Å². The molecule has 0 aliphatic carbocycles. The number of halogens is 1. The lowest BCUT2D eigenvalue weighted by atomic mass is 10.1. The fraction of sp³-hybridized carbons (Fsp3) is 0.500. The van der Waals surface area contributed by atoms with Gasteiger partial charge in [-0.1, -0.05) is 11.6 Å². The van der Waals surface area contributed by atoms with Crippen LogP contribution in [0.25, 0.3) is 0 Å². The van der Waals surface area contributed by atoms with E-state index in [2.05, 4.69) is 0 Å². The molecule has 4 nitrogen and oxygen atoms in total. The number of nitrogen functional groups attached to an aromatic ring is 1. The molecule has 0 spiro atoms. The van der Waals surface area contributed by atoms with E-state index in [9.17, 15) is 4.79 Å². The Hall–Kier alpha value is -1.00. The predicted molar refractivity (Wildman–Crippen MR) is 59.2 cm³/mol. The van der Waals surface area contributed by atoms with Crippen LogP contribution in [0.3, 0.4) is 0 Å². The molecule has 1 aliphatic rings. The Morgan fingerprint density at radius 3 is 2.80 bits per heavy atom. The van der Waals surface area contributed by atoms with Gasteiger partial charge in [-0.25, -0.2) is 0 Å². The number of pyridine rings is 1. The summed E-state index contributed by atoms with van der Waals surface area (Å²) in [4.78, 5) is 11.8. The number of aromatic nitrogens is 1. The van der Waals surface area contributed by atoms with Gasteiger partial charge in [0.1, 0.15) is 0 Å². The maximum Gasteiger partial charge on any atom is 0.274 e. The highest BCUT2D eigenvalue weighted by Crippen LogP contribution is 2.21. The Morgan fingerprint density at radius 1 is 1.47 bits per heavy atom. The summed E-state index contributed by atoms with van der Waals surface area (Å²) in [5.41, 5.74) is 5.62. The van der Waals surface area contributed by atoms with Gasteiger partial charge in [-0.05, 0) is 18.9 Å². The summed E-state index contributed by atoms with van der Waals surface area (Å²) in [5, 5.41) is 0.499. The highest BCUT2D eigenvalue weighted by atomic mass is 35.5. The molecule has 1 aliphatic heterocycles. The van der Waals surface area contributed by atoms with Crippen LogP contribution in [0.15, 0.2) is 17.1 Å². The Morgan fingerprint density at radius 2 is 2.13 bits per heavy atom. The van der Waals surface area contributed by atoms with Crippen molar-refractivity contribution in [3.63, 3.8) is 0 Å². The molecule has 0 radical (unpaired) electrons. The van der Waals surface area contributed by atoms with Gasteiger partial charge in [0.05, 0.1) is 10.7 Å². The minimum absolute atomic E-state index is 0.159. The van der Waals surface area contributed by atoms with Crippen LogP contribution < -0.4 is 11.3 Å². The number of rotatable bonds is 1. The van der Waals surface area contributed by atoms with Crippen molar-refractivity contribution < 1.29 is 4.74 Å². The molecule has 0 unspecified atom stereocenters. The van der Waals surface area contributed by atoms with E-state index in [-0.39, 0.29) is 17.3 Å². The molecule has 1 aromatic heterocycles. The lowest BCUT2D eigenvalue weighted by Gasteiger charge is -2.24. The number of hydrogen-bond acceptors (Lipinski definition) is 3. The van der Waals surface area contributed by atoms with E-state index in [4.69, 9.17) is 22.1 Å². The van der Waals surface area contributed by atoms with Crippen LogP contribution >= 0.6 is 11.6 Å². The van der Waals surface area contributed by atoms with Gasteiger partial charge >= 0.3 is 0 Å². The molecule has 0 aromatic carbocycles. The first-order valence-electron chi connectivity index (χ1n) is 4.93. The largest absolute Gasteiger partial charge is 0.394 e.